The summed E-state index contributed by atoms with van der Waals surface area (Å²) in [5.41, 5.74) is 0.473. The summed E-state index contributed by atoms with van der Waals surface area (Å²) in [6.45, 7) is 11.3. The Hall–Kier alpha value is -2.70. The molecule has 1 amide bonds. The number of hydrogen-bond donors (Lipinski definition) is 1. The molecule has 0 saturated heterocycles. The molecule has 2 aromatic rings. The minimum Gasteiger partial charge on any atom is -0.497 e. The Bertz CT molecular complexity index is 856. The molecule has 0 aliphatic heterocycles. The van der Waals surface area contributed by atoms with E-state index in [0.29, 0.717) is 18.7 Å². The largest absolute Gasteiger partial charge is 0.497 e. The lowest BCUT2D eigenvalue weighted by molar-refractivity contribution is 0.0521. The third-order valence-corrected chi connectivity index (χ3v) is 3.75. The highest BCUT2D eigenvalue weighted by Crippen LogP contribution is 2.27. The number of aromatic nitrogens is 1. The van der Waals surface area contributed by atoms with Crippen molar-refractivity contribution in [1.29, 1.82) is 0 Å². The van der Waals surface area contributed by atoms with E-state index < -0.39 is 23.4 Å². The molecule has 0 aliphatic carbocycles. The zero-order valence-electron chi connectivity index (χ0n) is 17.7. The van der Waals surface area contributed by atoms with Gasteiger partial charge in [0.25, 0.3) is 0 Å². The maximum Gasteiger partial charge on any atom is 0.419 e. The second-order valence-corrected chi connectivity index (χ2v) is 8.57. The third kappa shape index (κ3) is 5.90. The van der Waals surface area contributed by atoms with Gasteiger partial charge < -0.3 is 19.5 Å². The molecular weight excluding hydrogens is 360 g/mol. The Morgan fingerprint density at radius 3 is 2.25 bits per heavy atom. The highest BCUT2D eigenvalue weighted by Gasteiger charge is 2.21. The maximum atomic E-state index is 12.6. The molecule has 1 aromatic heterocycles. The number of carbonyl (C=O) groups excluding carboxylic acids is 2. The van der Waals surface area contributed by atoms with Crippen LogP contribution in [0.1, 0.15) is 47.1 Å². The van der Waals surface area contributed by atoms with Crippen molar-refractivity contribution in [3.63, 3.8) is 0 Å². The summed E-state index contributed by atoms with van der Waals surface area (Å²) in [4.78, 5) is 24.5. The van der Waals surface area contributed by atoms with Gasteiger partial charge in [-0.25, -0.2) is 9.59 Å². The summed E-state index contributed by atoms with van der Waals surface area (Å²) < 4.78 is 17.5. The number of methoxy groups -OCH3 is 1. The van der Waals surface area contributed by atoms with Gasteiger partial charge in [-0.1, -0.05) is 0 Å². The molecule has 0 spiro atoms. The summed E-state index contributed by atoms with van der Waals surface area (Å²) in [6.07, 6.45) is 1.35. The SMILES string of the molecule is COc1ccc2c(c1)c(CCNC(=O)OC(C)(C)C)cn2C(=O)OC(C)(C)C. The first-order valence-corrected chi connectivity index (χ1v) is 9.28. The quantitative estimate of drug-likeness (QED) is 0.831. The smallest absolute Gasteiger partial charge is 0.419 e. The van der Waals surface area contributed by atoms with Crippen LogP contribution in [0, 0.1) is 0 Å². The van der Waals surface area contributed by atoms with E-state index in [2.05, 4.69) is 5.32 Å². The number of nitrogens with zero attached hydrogens (tertiary/aromatic N) is 1. The van der Waals surface area contributed by atoms with E-state index in [9.17, 15) is 9.59 Å². The highest BCUT2D eigenvalue weighted by molar-refractivity contribution is 5.93. The third-order valence-electron chi connectivity index (χ3n) is 3.75. The van der Waals surface area contributed by atoms with E-state index in [-0.39, 0.29) is 0 Å². The molecule has 1 N–H and O–H groups in total. The molecule has 7 nitrogen and oxygen atoms in total. The Kier molecular flexibility index (Phi) is 6.27. The molecule has 0 fully saturated rings. The fourth-order valence-electron chi connectivity index (χ4n) is 2.68. The number of alkyl carbamates (subject to hydrolysis) is 1. The van der Waals surface area contributed by atoms with Crippen LogP contribution >= 0.6 is 0 Å². The predicted octanol–water partition coefficient (Wildman–Crippen LogP) is 4.50. The van der Waals surface area contributed by atoms with E-state index >= 15 is 0 Å². The van der Waals surface area contributed by atoms with Crippen LogP contribution in [-0.4, -0.2) is 41.6 Å². The number of ether oxygens (including phenoxy) is 3. The summed E-state index contributed by atoms with van der Waals surface area (Å²) >= 11 is 0. The van der Waals surface area contributed by atoms with Crippen LogP contribution in [0.3, 0.4) is 0 Å². The molecule has 0 atom stereocenters. The molecule has 0 bridgehead atoms. The normalized spacial score (nSPS) is 12.0. The predicted molar refractivity (Wildman–Crippen MR) is 108 cm³/mol. The van der Waals surface area contributed by atoms with Gasteiger partial charge in [0.15, 0.2) is 0 Å². The van der Waals surface area contributed by atoms with Crippen molar-refractivity contribution >= 4 is 23.1 Å². The first kappa shape index (κ1) is 21.6. The fourth-order valence-corrected chi connectivity index (χ4v) is 2.68. The number of fused-ring (bicyclic) bond motifs is 1. The van der Waals surface area contributed by atoms with Crippen molar-refractivity contribution in [1.82, 2.24) is 9.88 Å². The zero-order valence-corrected chi connectivity index (χ0v) is 17.7. The van der Waals surface area contributed by atoms with Crippen LogP contribution in [-0.2, 0) is 15.9 Å². The number of amides is 1. The molecule has 28 heavy (non-hydrogen) atoms. The Labute approximate surface area is 165 Å². The fraction of sp³-hybridized carbons (Fsp3) is 0.524. The molecular formula is C21H30N2O5. The first-order chi connectivity index (χ1) is 12.9. The van der Waals surface area contributed by atoms with Gasteiger partial charge in [-0.2, -0.15) is 0 Å². The van der Waals surface area contributed by atoms with Crippen LogP contribution in [0.25, 0.3) is 10.9 Å². The molecule has 0 unspecified atom stereocenters. The zero-order chi connectivity index (χ0) is 21.1. The van der Waals surface area contributed by atoms with Gasteiger partial charge in [0.2, 0.25) is 0 Å². The Morgan fingerprint density at radius 2 is 1.68 bits per heavy atom. The lowest BCUT2D eigenvalue weighted by Gasteiger charge is -2.19. The molecule has 1 heterocycles. The van der Waals surface area contributed by atoms with E-state index in [1.807, 2.05) is 53.7 Å². The number of carbonyl (C=O) groups is 2. The monoisotopic (exact) mass is 390 g/mol. The Morgan fingerprint density at radius 1 is 1.04 bits per heavy atom. The molecule has 7 heteroatoms. The molecule has 1 aromatic carbocycles. The molecule has 0 saturated carbocycles. The van der Waals surface area contributed by atoms with Gasteiger partial charge in [-0.15, -0.1) is 0 Å². The van der Waals surface area contributed by atoms with Crippen LogP contribution in [0.4, 0.5) is 9.59 Å². The minimum atomic E-state index is -0.599. The van der Waals surface area contributed by atoms with Crippen molar-refractivity contribution < 1.29 is 23.8 Å². The van der Waals surface area contributed by atoms with Crippen molar-refractivity contribution in [2.24, 2.45) is 0 Å². The minimum absolute atomic E-state index is 0.375. The molecule has 154 valence electrons. The van der Waals surface area contributed by atoms with Crippen molar-refractivity contribution in [3.8, 4) is 5.75 Å². The van der Waals surface area contributed by atoms with Gasteiger partial charge in [-0.05, 0) is 71.7 Å². The highest BCUT2D eigenvalue weighted by atomic mass is 16.6. The second-order valence-electron chi connectivity index (χ2n) is 8.57. The van der Waals surface area contributed by atoms with Crippen LogP contribution in [0.2, 0.25) is 0 Å². The Balaban J connectivity index is 2.24. The second kappa shape index (κ2) is 8.12. The van der Waals surface area contributed by atoms with E-state index in [0.717, 1.165) is 16.5 Å². The number of hydrogen-bond acceptors (Lipinski definition) is 5. The van der Waals surface area contributed by atoms with E-state index in [1.165, 1.54) is 4.57 Å². The van der Waals surface area contributed by atoms with Crippen molar-refractivity contribution in [3.05, 3.63) is 30.0 Å². The topological polar surface area (TPSA) is 78.8 Å². The van der Waals surface area contributed by atoms with Gasteiger partial charge >= 0.3 is 12.2 Å². The van der Waals surface area contributed by atoms with Gasteiger partial charge in [0, 0.05) is 18.1 Å². The summed E-state index contributed by atoms with van der Waals surface area (Å²) in [5.74, 6) is 0.691. The van der Waals surface area contributed by atoms with Gasteiger partial charge in [0.1, 0.15) is 17.0 Å². The number of nitrogens with one attached hydrogen (secondary N) is 1. The molecule has 0 aliphatic rings. The molecule has 0 radical (unpaired) electrons. The van der Waals surface area contributed by atoms with E-state index in [1.54, 1.807) is 19.4 Å². The van der Waals surface area contributed by atoms with Crippen molar-refractivity contribution in [2.45, 2.75) is 59.2 Å². The number of benzene rings is 1. The summed E-state index contributed by atoms with van der Waals surface area (Å²) in [6, 6.07) is 5.49. The summed E-state index contributed by atoms with van der Waals surface area (Å²) in [7, 11) is 1.59. The van der Waals surface area contributed by atoms with E-state index in [4.69, 9.17) is 14.2 Å². The van der Waals surface area contributed by atoms with Gasteiger partial charge in [0.05, 0.1) is 12.6 Å². The maximum absolute atomic E-state index is 12.6. The average Bonchev–Trinajstić information content (AvgIpc) is 2.89. The average molecular weight is 390 g/mol. The summed E-state index contributed by atoms with van der Waals surface area (Å²) in [5, 5.41) is 3.61. The number of rotatable bonds is 4. The van der Waals surface area contributed by atoms with Crippen LogP contribution < -0.4 is 10.1 Å². The standard InChI is InChI=1S/C21H30N2O5/c1-20(2,3)27-18(24)22-11-10-14-13-23(19(25)28-21(4,5)6)17-9-8-15(26-7)12-16(14)17/h8-9,12-13H,10-11H2,1-7H3,(H,22,24). The van der Waals surface area contributed by atoms with Crippen LogP contribution in [0.5, 0.6) is 5.75 Å². The van der Waals surface area contributed by atoms with Gasteiger partial charge in [-0.3, -0.25) is 4.57 Å². The molecule has 2 rings (SSSR count). The first-order valence-electron chi connectivity index (χ1n) is 9.28. The van der Waals surface area contributed by atoms with Crippen LogP contribution in [0.15, 0.2) is 24.4 Å². The lowest BCUT2D eigenvalue weighted by Crippen LogP contribution is -2.33. The van der Waals surface area contributed by atoms with Crippen molar-refractivity contribution in [2.75, 3.05) is 13.7 Å². The lowest BCUT2D eigenvalue weighted by atomic mass is 10.1.